The Morgan fingerprint density at radius 1 is 0.362 bits per heavy atom. The third-order valence-corrected chi connectivity index (χ3v) is 19.4. The van der Waals surface area contributed by atoms with Gasteiger partial charge in [0.05, 0.1) is 16.9 Å². The summed E-state index contributed by atoms with van der Waals surface area (Å²) in [6, 6.07) is 64.9. The normalized spacial score (nSPS) is 18.9. The molecule has 0 aromatic heterocycles. The topological polar surface area (TPSA) is 9.72 Å². The van der Waals surface area contributed by atoms with Crippen molar-refractivity contribution in [2.75, 3.05) is 14.7 Å². The van der Waals surface area contributed by atoms with E-state index in [0.29, 0.717) is 0 Å². The monoisotopic (exact) mass is 1050 g/mol. The maximum atomic E-state index is 2.85. The van der Waals surface area contributed by atoms with Crippen LogP contribution in [0.15, 0.2) is 164 Å². The fraction of sp³-hybridized carbons (Fsp3) is 0.368. The highest BCUT2D eigenvalue weighted by Gasteiger charge is 2.58. The maximum Gasteiger partial charge on any atom is 0.252 e. The van der Waals surface area contributed by atoms with Crippen LogP contribution in [0.5, 0.6) is 0 Å². The first-order chi connectivity index (χ1) is 37.6. The van der Waals surface area contributed by atoms with Crippen molar-refractivity contribution in [3.05, 3.63) is 197 Å². The SMILES string of the molecule is CC(C)(C)c1ccc(N2c3cc(C(C)(C)C)ccc3B3c4ccc(C(C)(C)C)cc4N(c4ccc(C(C)(C)C)cc4-c4ccccc4)c4cc(N5c6ccc(C(C)(C)C)cc6C6(C)CCCCC56C)cc2c43)c(-c2ccccc2)c1. The van der Waals surface area contributed by atoms with Gasteiger partial charge in [0.15, 0.2) is 0 Å². The van der Waals surface area contributed by atoms with Crippen LogP contribution in [0, 0.1) is 0 Å². The molecule has 408 valence electrons. The highest BCUT2D eigenvalue weighted by molar-refractivity contribution is 7.00. The fourth-order valence-electron chi connectivity index (χ4n) is 14.3. The number of hydrogen-bond acceptors (Lipinski definition) is 3. The summed E-state index contributed by atoms with van der Waals surface area (Å²) in [7, 11) is 0. The van der Waals surface area contributed by atoms with E-state index in [-0.39, 0.29) is 44.7 Å². The van der Waals surface area contributed by atoms with Crippen molar-refractivity contribution in [3.8, 4) is 22.3 Å². The highest BCUT2D eigenvalue weighted by atomic mass is 15.3. The molecule has 1 fully saturated rings. The second-order valence-corrected chi connectivity index (χ2v) is 29.9. The maximum absolute atomic E-state index is 2.85. The molecule has 0 bridgehead atoms. The summed E-state index contributed by atoms with van der Waals surface area (Å²) in [5.41, 5.74) is 26.6. The zero-order valence-electron chi connectivity index (χ0n) is 51.3. The molecule has 1 saturated carbocycles. The lowest BCUT2D eigenvalue weighted by atomic mass is 9.33. The third kappa shape index (κ3) is 8.59. The molecule has 0 radical (unpaired) electrons. The summed E-state index contributed by atoms with van der Waals surface area (Å²) >= 11 is 0. The molecule has 8 aromatic carbocycles. The Morgan fingerprint density at radius 3 is 1.16 bits per heavy atom. The van der Waals surface area contributed by atoms with E-state index in [0.717, 1.165) is 12.8 Å². The molecule has 1 aliphatic carbocycles. The molecule has 0 N–H and O–H groups in total. The molecule has 2 atom stereocenters. The van der Waals surface area contributed by atoms with Crippen LogP contribution in [0.3, 0.4) is 0 Å². The van der Waals surface area contributed by atoms with Crippen molar-refractivity contribution in [3.63, 3.8) is 0 Å². The first-order valence-electron chi connectivity index (χ1n) is 30.0. The number of fused-ring (bicyclic) bond motifs is 7. The molecule has 3 nitrogen and oxygen atoms in total. The van der Waals surface area contributed by atoms with Crippen LogP contribution < -0.4 is 31.1 Å². The molecule has 0 spiro atoms. The zero-order chi connectivity index (χ0) is 56.9. The molecule has 0 saturated heterocycles. The zero-order valence-corrected chi connectivity index (χ0v) is 51.3. The van der Waals surface area contributed by atoms with Gasteiger partial charge in [0.25, 0.3) is 6.71 Å². The van der Waals surface area contributed by atoms with E-state index in [4.69, 9.17) is 0 Å². The lowest BCUT2D eigenvalue weighted by Gasteiger charge is -2.51. The Labute approximate surface area is 481 Å². The lowest BCUT2D eigenvalue weighted by Crippen LogP contribution is -2.61. The van der Waals surface area contributed by atoms with E-state index in [1.54, 1.807) is 0 Å². The van der Waals surface area contributed by atoms with Gasteiger partial charge in [-0.25, -0.2) is 0 Å². The van der Waals surface area contributed by atoms with Gasteiger partial charge in [0.1, 0.15) is 0 Å². The quantitative estimate of drug-likeness (QED) is 0.159. The average molecular weight is 1050 g/mol. The largest absolute Gasteiger partial charge is 0.334 e. The Kier molecular flexibility index (Phi) is 12.4. The second kappa shape index (κ2) is 18.4. The summed E-state index contributed by atoms with van der Waals surface area (Å²) in [6.07, 6.45) is 4.71. The van der Waals surface area contributed by atoms with Crippen LogP contribution in [0.2, 0.25) is 0 Å². The van der Waals surface area contributed by atoms with E-state index in [9.17, 15) is 0 Å². The predicted octanol–water partition coefficient (Wildman–Crippen LogP) is 19.3. The van der Waals surface area contributed by atoms with Crippen molar-refractivity contribution < 1.29 is 0 Å². The van der Waals surface area contributed by atoms with Crippen LogP contribution in [0.1, 0.15) is 177 Å². The van der Waals surface area contributed by atoms with E-state index in [1.807, 2.05) is 0 Å². The van der Waals surface area contributed by atoms with Gasteiger partial charge in [0, 0.05) is 50.7 Å². The van der Waals surface area contributed by atoms with Gasteiger partial charge in [-0.2, -0.15) is 0 Å². The van der Waals surface area contributed by atoms with Crippen molar-refractivity contribution in [1.82, 2.24) is 0 Å². The average Bonchev–Trinajstić information content (AvgIpc) is 3.81. The molecular formula is C76H86BN3. The summed E-state index contributed by atoms with van der Waals surface area (Å²) < 4.78 is 0. The van der Waals surface area contributed by atoms with E-state index in [1.165, 1.54) is 130 Å². The van der Waals surface area contributed by atoms with Crippen molar-refractivity contribution in [1.29, 1.82) is 0 Å². The van der Waals surface area contributed by atoms with E-state index < -0.39 is 0 Å². The van der Waals surface area contributed by atoms with Gasteiger partial charge >= 0.3 is 0 Å². The molecule has 0 amide bonds. The molecule has 2 unspecified atom stereocenters. The minimum atomic E-state index is -0.189. The van der Waals surface area contributed by atoms with Gasteiger partial charge in [-0.1, -0.05) is 233 Å². The Bertz CT molecular complexity index is 3550. The molecular weight excluding hydrogens is 966 g/mol. The molecule has 3 heterocycles. The Balaban J connectivity index is 1.27. The Hall–Kier alpha value is -6.78. The van der Waals surface area contributed by atoms with Gasteiger partial charge < -0.3 is 14.7 Å². The minimum absolute atomic E-state index is 0.0203. The second-order valence-electron chi connectivity index (χ2n) is 29.9. The summed E-state index contributed by atoms with van der Waals surface area (Å²) in [4.78, 5) is 8.28. The molecule has 3 aliphatic heterocycles. The smallest absolute Gasteiger partial charge is 0.252 e. The van der Waals surface area contributed by atoms with Crippen LogP contribution in [-0.4, -0.2) is 12.3 Å². The predicted molar refractivity (Wildman–Crippen MR) is 348 cm³/mol. The third-order valence-electron chi connectivity index (χ3n) is 19.4. The van der Waals surface area contributed by atoms with Gasteiger partial charge in [-0.3, -0.25) is 0 Å². The standard InChI is InChI=1S/C76H86BN3/c1-70(2,3)51-32-37-62(57(42-51)49-26-20-18-21-27-49)78-65-45-54(73(10,11)12)30-35-60(65)77-61-36-31-55(74(13,14)15)46-66(61)79(63-38-33-52(71(4,5)6)43-58(63)50-28-22-19-23-29-50)68-48-56(47-67(78)69(68)77)80-64-39-34-53(72(7,8)9)44-59(64)75(16)40-24-25-41-76(75,80)17/h18-23,26-39,42-48H,24-25,40-41H2,1-17H3. The first kappa shape index (κ1) is 53.8. The molecule has 4 heteroatoms. The number of hydrogen-bond donors (Lipinski definition) is 0. The van der Waals surface area contributed by atoms with Crippen molar-refractivity contribution >= 4 is 68.6 Å². The van der Waals surface area contributed by atoms with Crippen LogP contribution in [0.4, 0.5) is 45.5 Å². The van der Waals surface area contributed by atoms with Gasteiger partial charge in [-0.05, 0) is 162 Å². The molecule has 8 aromatic rings. The summed E-state index contributed by atoms with van der Waals surface area (Å²) in [5, 5.41) is 0. The van der Waals surface area contributed by atoms with Crippen molar-refractivity contribution in [2.24, 2.45) is 0 Å². The van der Waals surface area contributed by atoms with E-state index >= 15 is 0 Å². The first-order valence-corrected chi connectivity index (χ1v) is 30.0. The number of nitrogens with zero attached hydrogens (tertiary/aromatic N) is 3. The van der Waals surface area contributed by atoms with Crippen LogP contribution in [0.25, 0.3) is 22.3 Å². The molecule has 4 aliphatic rings. The number of anilines is 8. The Morgan fingerprint density at radius 2 is 0.738 bits per heavy atom. The summed E-state index contributed by atoms with van der Waals surface area (Å²) in [5.74, 6) is 0. The molecule has 12 rings (SSSR count). The summed E-state index contributed by atoms with van der Waals surface area (Å²) in [6.45, 7) is 40.6. The van der Waals surface area contributed by atoms with Gasteiger partial charge in [0.2, 0.25) is 0 Å². The number of rotatable bonds is 5. The highest BCUT2D eigenvalue weighted by Crippen LogP contribution is 2.63. The molecule has 80 heavy (non-hydrogen) atoms. The van der Waals surface area contributed by atoms with Gasteiger partial charge in [-0.15, -0.1) is 0 Å². The van der Waals surface area contributed by atoms with Crippen molar-refractivity contribution in [2.45, 2.75) is 181 Å². The fourth-order valence-corrected chi connectivity index (χ4v) is 14.3. The van der Waals surface area contributed by atoms with Crippen LogP contribution in [-0.2, 0) is 32.5 Å². The van der Waals surface area contributed by atoms with E-state index in [2.05, 4.69) is 296 Å². The lowest BCUT2D eigenvalue weighted by molar-refractivity contribution is 0.195. The van der Waals surface area contributed by atoms with Crippen LogP contribution >= 0.6 is 0 Å². The minimum Gasteiger partial charge on any atom is -0.334 e. The number of benzene rings is 8.